The largest absolute Gasteiger partial charge is 0.394 e. The van der Waals surface area contributed by atoms with Crippen molar-refractivity contribution in [1.29, 1.82) is 0 Å². The molecule has 98 valence electrons. The smallest absolute Gasteiger partial charge is 0.251 e. The minimum absolute atomic E-state index is 0.0191. The fraction of sp³-hybridized carbons (Fsp3) is 0.500. The van der Waals surface area contributed by atoms with Crippen molar-refractivity contribution in [2.24, 2.45) is 0 Å². The summed E-state index contributed by atoms with van der Waals surface area (Å²) in [6.07, 6.45) is 2.85. The monoisotopic (exact) mass is 248 g/mol. The minimum atomic E-state index is -0.161. The Morgan fingerprint density at radius 3 is 3.11 bits per heavy atom. The van der Waals surface area contributed by atoms with E-state index in [9.17, 15) is 4.79 Å². The van der Waals surface area contributed by atoms with E-state index >= 15 is 0 Å². The Morgan fingerprint density at radius 2 is 2.39 bits per heavy atom. The van der Waals surface area contributed by atoms with Gasteiger partial charge in [-0.3, -0.25) is 4.79 Å². The van der Waals surface area contributed by atoms with E-state index < -0.39 is 0 Å². The van der Waals surface area contributed by atoms with Crippen molar-refractivity contribution in [1.82, 2.24) is 5.32 Å². The zero-order valence-electron chi connectivity index (χ0n) is 10.7. The van der Waals surface area contributed by atoms with Crippen molar-refractivity contribution in [3.63, 3.8) is 0 Å². The second kappa shape index (κ2) is 5.87. The van der Waals surface area contributed by atoms with Crippen LogP contribution in [-0.2, 0) is 6.42 Å². The van der Waals surface area contributed by atoms with Gasteiger partial charge in [0.1, 0.15) is 0 Å². The molecule has 1 amide bonds. The van der Waals surface area contributed by atoms with Gasteiger partial charge in [0.2, 0.25) is 0 Å². The number of carbonyl (C=O) groups is 1. The Hall–Kier alpha value is -1.55. The Morgan fingerprint density at radius 1 is 1.56 bits per heavy atom. The van der Waals surface area contributed by atoms with Crippen LogP contribution in [0.2, 0.25) is 0 Å². The first-order valence-electron chi connectivity index (χ1n) is 6.53. The summed E-state index contributed by atoms with van der Waals surface area (Å²) in [6, 6.07) is 5.58. The predicted molar refractivity (Wildman–Crippen MR) is 71.9 cm³/mol. The van der Waals surface area contributed by atoms with E-state index in [0.717, 1.165) is 31.5 Å². The van der Waals surface area contributed by atoms with Crippen LogP contribution in [-0.4, -0.2) is 30.2 Å². The Kier molecular flexibility index (Phi) is 4.20. The van der Waals surface area contributed by atoms with E-state index in [-0.39, 0.29) is 18.6 Å². The van der Waals surface area contributed by atoms with Crippen LogP contribution >= 0.6 is 0 Å². The minimum Gasteiger partial charge on any atom is -0.394 e. The summed E-state index contributed by atoms with van der Waals surface area (Å²) >= 11 is 0. The first-order chi connectivity index (χ1) is 8.74. The topological polar surface area (TPSA) is 61.4 Å². The lowest BCUT2D eigenvalue weighted by molar-refractivity contribution is 0.0915. The molecular weight excluding hydrogens is 228 g/mol. The lowest BCUT2D eigenvalue weighted by Crippen LogP contribution is -2.37. The molecule has 0 saturated carbocycles. The number of amides is 1. The third kappa shape index (κ3) is 2.82. The van der Waals surface area contributed by atoms with Crippen LogP contribution in [0, 0.1) is 0 Å². The van der Waals surface area contributed by atoms with Gasteiger partial charge in [-0.25, -0.2) is 0 Å². The van der Waals surface area contributed by atoms with Gasteiger partial charge in [-0.1, -0.05) is 6.92 Å². The molecule has 18 heavy (non-hydrogen) atoms. The van der Waals surface area contributed by atoms with Gasteiger partial charge in [-0.15, -0.1) is 0 Å². The fourth-order valence-electron chi connectivity index (χ4n) is 2.16. The zero-order valence-corrected chi connectivity index (χ0v) is 10.7. The van der Waals surface area contributed by atoms with E-state index in [1.54, 1.807) is 0 Å². The molecule has 0 saturated heterocycles. The maximum absolute atomic E-state index is 12.0. The van der Waals surface area contributed by atoms with Gasteiger partial charge in [0.15, 0.2) is 0 Å². The van der Waals surface area contributed by atoms with Crippen molar-refractivity contribution < 1.29 is 9.90 Å². The summed E-state index contributed by atoms with van der Waals surface area (Å²) in [5.41, 5.74) is 3.00. The van der Waals surface area contributed by atoms with Gasteiger partial charge in [-0.2, -0.15) is 0 Å². The lowest BCUT2D eigenvalue weighted by atomic mass is 10.0. The highest BCUT2D eigenvalue weighted by Crippen LogP contribution is 2.22. The third-order valence-electron chi connectivity index (χ3n) is 3.35. The van der Waals surface area contributed by atoms with Crippen LogP contribution in [0.5, 0.6) is 0 Å². The highest BCUT2D eigenvalue weighted by Gasteiger charge is 2.14. The molecule has 1 aliphatic rings. The highest BCUT2D eigenvalue weighted by atomic mass is 16.3. The summed E-state index contributed by atoms with van der Waals surface area (Å²) < 4.78 is 0. The number of carbonyl (C=O) groups excluding carboxylic acids is 1. The second-order valence-electron chi connectivity index (χ2n) is 4.66. The van der Waals surface area contributed by atoms with Crippen molar-refractivity contribution in [2.45, 2.75) is 32.2 Å². The van der Waals surface area contributed by atoms with E-state index in [1.165, 1.54) is 5.56 Å². The average molecular weight is 248 g/mol. The van der Waals surface area contributed by atoms with Crippen molar-refractivity contribution in [3.05, 3.63) is 29.3 Å². The van der Waals surface area contributed by atoms with Crippen LogP contribution in [0.4, 0.5) is 5.69 Å². The zero-order chi connectivity index (χ0) is 13.0. The quantitative estimate of drug-likeness (QED) is 0.757. The number of nitrogens with one attached hydrogen (secondary N) is 2. The van der Waals surface area contributed by atoms with Gasteiger partial charge in [0.05, 0.1) is 12.6 Å². The maximum atomic E-state index is 12.0. The third-order valence-corrected chi connectivity index (χ3v) is 3.35. The molecular formula is C14H20N2O2. The molecule has 1 aromatic rings. The normalized spacial score (nSPS) is 15.4. The van der Waals surface area contributed by atoms with E-state index in [2.05, 4.69) is 10.6 Å². The molecule has 3 N–H and O–H groups in total. The van der Waals surface area contributed by atoms with Crippen molar-refractivity contribution in [2.75, 3.05) is 18.5 Å². The second-order valence-corrected chi connectivity index (χ2v) is 4.66. The Labute approximate surface area is 107 Å². The van der Waals surface area contributed by atoms with E-state index in [0.29, 0.717) is 5.56 Å². The number of hydrogen-bond donors (Lipinski definition) is 3. The van der Waals surface area contributed by atoms with Crippen molar-refractivity contribution >= 4 is 11.6 Å². The molecule has 0 unspecified atom stereocenters. The molecule has 0 aromatic heterocycles. The molecule has 1 atom stereocenters. The molecule has 2 rings (SSSR count). The van der Waals surface area contributed by atoms with E-state index in [1.807, 2.05) is 25.1 Å². The average Bonchev–Trinajstić information content (AvgIpc) is 2.44. The Balaban J connectivity index is 2.11. The predicted octanol–water partition coefficient (Wildman–Crippen LogP) is 1.55. The summed E-state index contributed by atoms with van der Waals surface area (Å²) in [4.78, 5) is 12.0. The molecule has 0 spiro atoms. The van der Waals surface area contributed by atoms with Crippen LogP contribution in [0.1, 0.15) is 35.7 Å². The first kappa shape index (κ1) is 12.9. The molecule has 1 heterocycles. The number of aliphatic hydroxyl groups excluding tert-OH is 1. The summed E-state index contributed by atoms with van der Waals surface area (Å²) in [6.45, 7) is 2.92. The number of hydrogen-bond acceptors (Lipinski definition) is 3. The molecule has 0 aliphatic carbocycles. The van der Waals surface area contributed by atoms with Crippen molar-refractivity contribution in [3.8, 4) is 0 Å². The van der Waals surface area contributed by atoms with Crippen LogP contribution in [0.15, 0.2) is 18.2 Å². The van der Waals surface area contributed by atoms with Gasteiger partial charge in [0.25, 0.3) is 5.91 Å². The SMILES string of the molecule is CC[C@H](CO)NC(=O)c1ccc2c(c1)CCCN2. The number of aryl methyl sites for hydroxylation is 1. The molecule has 1 aromatic carbocycles. The summed E-state index contributed by atoms with van der Waals surface area (Å²) in [5, 5.41) is 15.2. The number of rotatable bonds is 4. The number of aliphatic hydroxyl groups is 1. The van der Waals surface area contributed by atoms with Gasteiger partial charge < -0.3 is 15.7 Å². The molecule has 1 aliphatic heterocycles. The molecule has 0 bridgehead atoms. The highest BCUT2D eigenvalue weighted by molar-refractivity contribution is 5.95. The van der Waals surface area contributed by atoms with Crippen LogP contribution in [0.3, 0.4) is 0 Å². The lowest BCUT2D eigenvalue weighted by Gasteiger charge is -2.19. The molecule has 4 heteroatoms. The van der Waals surface area contributed by atoms with Crippen LogP contribution < -0.4 is 10.6 Å². The number of fused-ring (bicyclic) bond motifs is 1. The summed E-state index contributed by atoms with van der Waals surface area (Å²) in [5.74, 6) is -0.107. The van der Waals surface area contributed by atoms with E-state index in [4.69, 9.17) is 5.11 Å². The molecule has 4 nitrogen and oxygen atoms in total. The molecule has 0 fully saturated rings. The van der Waals surface area contributed by atoms with Crippen LogP contribution in [0.25, 0.3) is 0 Å². The number of anilines is 1. The van der Waals surface area contributed by atoms with Gasteiger partial charge in [-0.05, 0) is 43.0 Å². The first-order valence-corrected chi connectivity index (χ1v) is 6.53. The van der Waals surface area contributed by atoms with Gasteiger partial charge >= 0.3 is 0 Å². The maximum Gasteiger partial charge on any atom is 0.251 e. The molecule has 0 radical (unpaired) electrons. The number of benzene rings is 1. The standard InChI is InChI=1S/C14H20N2O2/c1-2-12(9-17)16-14(18)11-5-6-13-10(8-11)4-3-7-15-13/h5-6,8,12,15,17H,2-4,7,9H2,1H3,(H,16,18)/t12-/m1/s1. The summed E-state index contributed by atoms with van der Waals surface area (Å²) in [7, 11) is 0. The van der Waals surface area contributed by atoms with Gasteiger partial charge in [0, 0.05) is 17.8 Å². The fourth-order valence-corrected chi connectivity index (χ4v) is 2.16. The Bertz CT molecular complexity index is 428.